The predicted molar refractivity (Wildman–Crippen MR) is 211 cm³/mol. The van der Waals surface area contributed by atoms with Gasteiger partial charge < -0.3 is 44.6 Å². The molecule has 6 aliphatic heterocycles. The van der Waals surface area contributed by atoms with E-state index in [-0.39, 0.29) is 11.8 Å². The van der Waals surface area contributed by atoms with Gasteiger partial charge in [0.2, 0.25) is 12.0 Å². The molecule has 3 saturated heterocycles. The first-order valence-corrected chi connectivity index (χ1v) is 20.6. The lowest BCUT2D eigenvalue weighted by Gasteiger charge is -2.62. The molecule has 1 aliphatic carbocycles. The SMILES string of the molecule is CC[C@]1(O)CC2CN(CCC3c4ccccc4NC3[C@@](C(=O)OC)(c3cc4c(cc3OC)N(C=O)[C@H]3C(O)(C(=O)OC)[C@H](O)[C@@]5(CC)C=CCN6CCC43[C@H]65)C2)C1. The van der Waals surface area contributed by atoms with Crippen LogP contribution in [-0.2, 0) is 34.7 Å². The van der Waals surface area contributed by atoms with Gasteiger partial charge in [0.1, 0.15) is 17.3 Å². The normalized spacial score (nSPS) is 41.2. The standard InChI is InChI=1S/C44H56N4O9/c1-6-40(53)21-26-22-43(38(51)56-4,34-28(13-17-46(23-26)24-40)27-11-8-9-12-31(27)45-34)30-19-29-32(20-33(30)55-3)48(25-49)36-42(29)15-18-47-16-10-14-41(7-2,35(42)47)37(50)44(36,54)39(52)57-5/h8-12,14,19-20,25-26,28,34-37,45,50,53-54H,6-7,13,15-18,21-24H2,1-5H3/t26?,28?,34?,35-,36-,37-,40+,41+,42?,43+,44?/m1/s1. The number of benzene rings is 2. The first-order valence-electron chi connectivity index (χ1n) is 20.6. The number of para-hydroxylation sites is 1. The van der Waals surface area contributed by atoms with E-state index < -0.39 is 63.6 Å². The van der Waals surface area contributed by atoms with Crippen molar-refractivity contribution in [3.63, 3.8) is 0 Å². The Morgan fingerprint density at radius 1 is 0.982 bits per heavy atom. The number of hydrogen-bond acceptors (Lipinski definition) is 12. The summed E-state index contributed by atoms with van der Waals surface area (Å²) < 4.78 is 17.5. The summed E-state index contributed by atoms with van der Waals surface area (Å²) in [6, 6.07) is 9.84. The topological polar surface area (TPSA) is 161 Å². The molecule has 306 valence electrons. The van der Waals surface area contributed by atoms with E-state index in [2.05, 4.69) is 21.2 Å². The van der Waals surface area contributed by atoms with Crippen LogP contribution in [0.2, 0.25) is 0 Å². The van der Waals surface area contributed by atoms with E-state index in [1.165, 1.54) is 19.1 Å². The van der Waals surface area contributed by atoms with Gasteiger partial charge in [0, 0.05) is 59.7 Å². The minimum atomic E-state index is -2.51. The molecule has 13 nitrogen and oxygen atoms in total. The van der Waals surface area contributed by atoms with Gasteiger partial charge in [-0.25, -0.2) is 4.79 Å². The van der Waals surface area contributed by atoms with Gasteiger partial charge in [-0.05, 0) is 80.8 Å². The van der Waals surface area contributed by atoms with Gasteiger partial charge in [0.05, 0.1) is 44.7 Å². The van der Waals surface area contributed by atoms with Crippen molar-refractivity contribution in [3.05, 3.63) is 65.2 Å². The van der Waals surface area contributed by atoms with Crippen LogP contribution >= 0.6 is 0 Å². The highest BCUT2D eigenvalue weighted by atomic mass is 16.5. The van der Waals surface area contributed by atoms with Crippen LogP contribution in [0.1, 0.15) is 75.0 Å². The molecule has 4 N–H and O–H groups in total. The van der Waals surface area contributed by atoms with Gasteiger partial charge in [-0.1, -0.05) is 44.2 Å². The van der Waals surface area contributed by atoms with Crippen molar-refractivity contribution in [2.75, 3.05) is 64.3 Å². The number of carbonyl (C=O) groups is 3. The zero-order valence-corrected chi connectivity index (χ0v) is 33.6. The Labute approximate surface area is 333 Å². The number of aliphatic hydroxyl groups excluding tert-OH is 1. The van der Waals surface area contributed by atoms with E-state index in [1.807, 2.05) is 50.3 Å². The molecule has 4 fully saturated rings. The van der Waals surface area contributed by atoms with E-state index in [9.17, 15) is 24.9 Å². The monoisotopic (exact) mass is 784 g/mol. The summed E-state index contributed by atoms with van der Waals surface area (Å²) in [6.45, 7) is 7.15. The third kappa shape index (κ3) is 4.83. The quantitative estimate of drug-likeness (QED) is 0.185. The second-order valence-electron chi connectivity index (χ2n) is 17.9. The van der Waals surface area contributed by atoms with E-state index >= 15 is 4.79 Å². The van der Waals surface area contributed by atoms with Gasteiger partial charge in [-0.2, -0.15) is 0 Å². The van der Waals surface area contributed by atoms with Gasteiger partial charge in [0.25, 0.3) is 0 Å². The van der Waals surface area contributed by atoms with Crippen molar-refractivity contribution >= 4 is 29.7 Å². The number of rotatable bonds is 7. The Bertz CT molecular complexity index is 2030. The maximum Gasteiger partial charge on any atom is 0.342 e. The highest BCUT2D eigenvalue weighted by Crippen LogP contribution is 2.68. The highest BCUT2D eigenvalue weighted by Gasteiger charge is 2.79. The molecule has 13 heteroatoms. The van der Waals surface area contributed by atoms with Gasteiger partial charge in [-0.3, -0.25) is 14.5 Å². The van der Waals surface area contributed by atoms with E-state index in [0.717, 1.165) is 24.2 Å². The summed E-state index contributed by atoms with van der Waals surface area (Å²) in [5, 5.41) is 41.1. The number of amides is 1. The van der Waals surface area contributed by atoms with E-state index in [4.69, 9.17) is 14.2 Å². The Balaban J connectivity index is 1.34. The van der Waals surface area contributed by atoms with Crippen LogP contribution in [-0.4, -0.2) is 133 Å². The molecule has 1 saturated carbocycles. The fourth-order valence-electron chi connectivity index (χ4n) is 13.6. The molecule has 0 radical (unpaired) electrons. The van der Waals surface area contributed by atoms with Crippen LogP contribution in [0.3, 0.4) is 0 Å². The van der Waals surface area contributed by atoms with Crippen molar-refractivity contribution in [2.24, 2.45) is 11.3 Å². The van der Waals surface area contributed by atoms with Crippen LogP contribution in [0.25, 0.3) is 0 Å². The molecule has 2 bridgehead atoms. The molecule has 0 aromatic heterocycles. The maximum atomic E-state index is 15.3. The number of methoxy groups -OCH3 is 3. The minimum Gasteiger partial charge on any atom is -0.496 e. The fraction of sp³-hybridized carbons (Fsp3) is 0.614. The number of aliphatic hydroxyl groups is 3. The molecular formula is C44H56N4O9. The molecule has 6 heterocycles. The Kier molecular flexibility index (Phi) is 8.95. The minimum absolute atomic E-state index is 0.102. The zero-order valence-electron chi connectivity index (χ0n) is 33.6. The molecule has 7 aliphatic rings. The summed E-state index contributed by atoms with van der Waals surface area (Å²) in [6.07, 6.45) is 5.97. The fourth-order valence-corrected chi connectivity index (χ4v) is 13.6. The molecular weight excluding hydrogens is 729 g/mol. The van der Waals surface area contributed by atoms with Crippen LogP contribution in [0.4, 0.5) is 11.4 Å². The van der Waals surface area contributed by atoms with E-state index in [0.29, 0.717) is 87.3 Å². The summed E-state index contributed by atoms with van der Waals surface area (Å²) in [7, 11) is 4.15. The summed E-state index contributed by atoms with van der Waals surface area (Å²) in [5.41, 5.74) is -3.17. The lowest BCUT2D eigenvalue weighted by Crippen LogP contribution is -2.81. The number of fused-ring (bicyclic) bond motifs is 6. The number of piperidine rings is 1. The van der Waals surface area contributed by atoms with Gasteiger partial charge >= 0.3 is 11.9 Å². The third-order valence-corrected chi connectivity index (χ3v) is 15.8. The number of nitrogens with zero attached hydrogens (tertiary/aromatic N) is 3. The van der Waals surface area contributed by atoms with Crippen molar-refractivity contribution < 1.29 is 43.9 Å². The first-order chi connectivity index (χ1) is 27.4. The Morgan fingerprint density at radius 2 is 1.75 bits per heavy atom. The van der Waals surface area contributed by atoms with Crippen LogP contribution in [0.5, 0.6) is 5.75 Å². The molecule has 57 heavy (non-hydrogen) atoms. The number of esters is 2. The number of ether oxygens (including phenoxy) is 3. The maximum absolute atomic E-state index is 15.3. The Hall–Kier alpha value is -4.01. The molecule has 6 unspecified atom stereocenters. The average Bonchev–Trinajstić information content (AvgIpc) is 3.90. The zero-order chi connectivity index (χ0) is 40.3. The lowest BCUT2D eigenvalue weighted by molar-refractivity contribution is -0.218. The number of nitrogens with one attached hydrogen (secondary N) is 1. The highest BCUT2D eigenvalue weighted by molar-refractivity contribution is 5.94. The third-order valence-electron chi connectivity index (χ3n) is 15.8. The van der Waals surface area contributed by atoms with Crippen molar-refractivity contribution in [2.45, 2.75) is 105 Å². The van der Waals surface area contributed by atoms with Crippen LogP contribution < -0.4 is 15.0 Å². The Morgan fingerprint density at radius 3 is 2.46 bits per heavy atom. The molecule has 12 atom stereocenters. The molecule has 1 amide bonds. The summed E-state index contributed by atoms with van der Waals surface area (Å²) in [4.78, 5) is 48.9. The van der Waals surface area contributed by atoms with Gasteiger partial charge in [-0.15, -0.1) is 0 Å². The van der Waals surface area contributed by atoms with Crippen LogP contribution in [0, 0.1) is 11.3 Å². The van der Waals surface area contributed by atoms with Gasteiger partial charge in [0.15, 0.2) is 0 Å². The summed E-state index contributed by atoms with van der Waals surface area (Å²) >= 11 is 0. The largest absolute Gasteiger partial charge is 0.496 e. The smallest absolute Gasteiger partial charge is 0.342 e. The molecule has 2 aromatic rings. The second kappa shape index (κ2) is 13.3. The molecule has 2 aromatic carbocycles. The first kappa shape index (κ1) is 38.5. The lowest BCUT2D eigenvalue weighted by atomic mass is 9.47. The second-order valence-corrected chi connectivity index (χ2v) is 17.9. The van der Waals surface area contributed by atoms with Crippen LogP contribution in [0.15, 0.2) is 48.6 Å². The average molecular weight is 785 g/mol. The number of carbonyl (C=O) groups excluding carboxylic acids is 3. The van der Waals surface area contributed by atoms with Crippen molar-refractivity contribution in [3.8, 4) is 5.75 Å². The summed E-state index contributed by atoms with van der Waals surface area (Å²) in [5.74, 6) is -1.31. The van der Waals surface area contributed by atoms with Crippen molar-refractivity contribution in [1.29, 1.82) is 0 Å². The molecule has 1 spiro atoms. The number of hydrogen-bond donors (Lipinski definition) is 4. The van der Waals surface area contributed by atoms with Crippen molar-refractivity contribution in [1.82, 2.24) is 9.80 Å². The van der Waals surface area contributed by atoms with E-state index in [1.54, 1.807) is 13.2 Å². The molecule has 9 rings (SSSR count). The number of anilines is 2. The predicted octanol–water partition coefficient (Wildman–Crippen LogP) is 2.84.